The normalized spacial score (nSPS) is 14.0. The highest BCUT2D eigenvalue weighted by molar-refractivity contribution is 5.96. The molecule has 0 fully saturated rings. The maximum absolute atomic E-state index is 12.6. The Balaban J connectivity index is 5.58. The molecule has 0 heterocycles. The minimum Gasteiger partial charge on any atom is -0.481 e. The number of nitrogens with zero attached hydrogens (tertiary/aromatic N) is 1. The van der Waals surface area contributed by atoms with Gasteiger partial charge in [0.25, 0.3) is 0 Å². The van der Waals surface area contributed by atoms with Crippen LogP contribution in [0.2, 0.25) is 0 Å². The van der Waals surface area contributed by atoms with Gasteiger partial charge in [0.1, 0.15) is 17.6 Å². The first kappa shape index (κ1) is 26.1. The minimum absolute atomic E-state index is 0.627. The van der Waals surface area contributed by atoms with Crippen molar-refractivity contribution >= 4 is 29.7 Å². The van der Waals surface area contributed by atoms with Gasteiger partial charge in [-0.05, 0) is 19.8 Å². The Morgan fingerprint density at radius 3 is 1.86 bits per heavy atom. The van der Waals surface area contributed by atoms with Crippen LogP contribution in [0.25, 0.3) is 0 Å². The standard InChI is InChI=1S/C16H24F3N3O7/c1-7(2)10(11(25)20-8(12(26)27)6-9(23)24)22(5)14(29)15(3,4)21-13(28)16(17,18)19/h7-8,10H,6H2,1-5H3,(H,20,25)(H,21,28)(H,23,24)(H,26,27)/t8-,10-/m0/s1. The monoisotopic (exact) mass is 427 g/mol. The first-order valence-corrected chi connectivity index (χ1v) is 8.33. The third-order valence-electron chi connectivity index (χ3n) is 3.85. The van der Waals surface area contributed by atoms with Crippen molar-refractivity contribution in [2.24, 2.45) is 5.92 Å². The van der Waals surface area contributed by atoms with Crippen LogP contribution in [0.15, 0.2) is 0 Å². The molecule has 0 radical (unpaired) electrons. The van der Waals surface area contributed by atoms with Crippen LogP contribution >= 0.6 is 0 Å². The summed E-state index contributed by atoms with van der Waals surface area (Å²) < 4.78 is 37.4. The molecule has 0 saturated heterocycles. The van der Waals surface area contributed by atoms with Crippen molar-refractivity contribution in [3.8, 4) is 0 Å². The molecule has 0 aliphatic heterocycles. The van der Waals surface area contributed by atoms with Crippen LogP contribution in [-0.4, -0.2) is 75.6 Å². The molecule has 0 aliphatic rings. The molecule has 0 unspecified atom stereocenters. The zero-order valence-electron chi connectivity index (χ0n) is 16.5. The van der Waals surface area contributed by atoms with Gasteiger partial charge < -0.3 is 25.7 Å². The number of likely N-dealkylation sites (N-methyl/N-ethyl adjacent to an activating group) is 1. The van der Waals surface area contributed by atoms with E-state index in [-0.39, 0.29) is 0 Å². The second-order valence-electron chi connectivity index (χ2n) is 7.18. The summed E-state index contributed by atoms with van der Waals surface area (Å²) in [7, 11) is 1.10. The Kier molecular flexibility index (Phi) is 8.62. The van der Waals surface area contributed by atoms with Gasteiger partial charge in [0, 0.05) is 7.05 Å². The molecule has 0 bridgehead atoms. The number of aliphatic carboxylic acids is 2. The van der Waals surface area contributed by atoms with Crippen LogP contribution in [0.3, 0.4) is 0 Å². The number of carboxylic acids is 2. The summed E-state index contributed by atoms with van der Waals surface area (Å²) in [6.45, 7) is 5.00. The van der Waals surface area contributed by atoms with Crippen molar-refractivity contribution < 1.29 is 47.4 Å². The highest BCUT2D eigenvalue weighted by Gasteiger charge is 2.45. The van der Waals surface area contributed by atoms with Crippen LogP contribution in [0.1, 0.15) is 34.1 Å². The van der Waals surface area contributed by atoms with E-state index in [4.69, 9.17) is 10.2 Å². The first-order valence-electron chi connectivity index (χ1n) is 8.33. The highest BCUT2D eigenvalue weighted by Crippen LogP contribution is 2.19. The van der Waals surface area contributed by atoms with Crippen molar-refractivity contribution in [2.75, 3.05) is 7.05 Å². The molecule has 0 aromatic rings. The maximum atomic E-state index is 12.6. The molecule has 0 aromatic carbocycles. The zero-order valence-corrected chi connectivity index (χ0v) is 16.5. The fourth-order valence-corrected chi connectivity index (χ4v) is 2.53. The topological polar surface area (TPSA) is 153 Å². The smallest absolute Gasteiger partial charge is 0.471 e. The second-order valence-corrected chi connectivity index (χ2v) is 7.18. The number of amides is 3. The summed E-state index contributed by atoms with van der Waals surface area (Å²) in [5, 5.41) is 21.3. The molecule has 0 saturated carbocycles. The van der Waals surface area contributed by atoms with E-state index in [0.29, 0.717) is 0 Å². The summed E-state index contributed by atoms with van der Waals surface area (Å²) in [5.41, 5.74) is -2.04. The van der Waals surface area contributed by atoms with Crippen molar-refractivity contribution in [2.45, 2.75) is 57.9 Å². The maximum Gasteiger partial charge on any atom is 0.471 e. The number of nitrogens with one attached hydrogen (secondary N) is 2. The van der Waals surface area contributed by atoms with Crippen molar-refractivity contribution in [3.05, 3.63) is 0 Å². The molecule has 3 amide bonds. The summed E-state index contributed by atoms with van der Waals surface area (Å²) in [6.07, 6.45) is -6.15. The number of carbonyl (C=O) groups excluding carboxylic acids is 3. The summed E-state index contributed by atoms with van der Waals surface area (Å²) in [6, 6.07) is -3.12. The number of hydrogen-bond donors (Lipinski definition) is 4. The molecule has 29 heavy (non-hydrogen) atoms. The Morgan fingerprint density at radius 1 is 1.03 bits per heavy atom. The molecule has 0 aromatic heterocycles. The van der Waals surface area contributed by atoms with Gasteiger partial charge in [-0.2, -0.15) is 13.2 Å². The fraction of sp³-hybridized carbons (Fsp3) is 0.688. The number of rotatable bonds is 9. The van der Waals surface area contributed by atoms with Crippen LogP contribution in [0.4, 0.5) is 13.2 Å². The number of carbonyl (C=O) groups is 5. The Bertz CT molecular complexity index is 677. The van der Waals surface area contributed by atoms with Crippen LogP contribution in [0.5, 0.6) is 0 Å². The van der Waals surface area contributed by atoms with Crippen LogP contribution < -0.4 is 10.6 Å². The van der Waals surface area contributed by atoms with E-state index in [9.17, 15) is 37.1 Å². The molecule has 10 nitrogen and oxygen atoms in total. The summed E-state index contributed by atoms with van der Waals surface area (Å²) in [5.74, 6) is -8.13. The third-order valence-corrected chi connectivity index (χ3v) is 3.85. The van der Waals surface area contributed by atoms with Gasteiger partial charge in [0.2, 0.25) is 11.8 Å². The van der Waals surface area contributed by atoms with E-state index in [0.717, 1.165) is 25.8 Å². The lowest BCUT2D eigenvalue weighted by Crippen LogP contribution is -2.62. The van der Waals surface area contributed by atoms with E-state index in [1.807, 2.05) is 5.32 Å². The van der Waals surface area contributed by atoms with E-state index in [1.165, 1.54) is 19.2 Å². The molecular weight excluding hydrogens is 403 g/mol. The van der Waals surface area contributed by atoms with E-state index < -0.39 is 65.8 Å². The Hall–Kier alpha value is -2.86. The number of halogens is 3. The average molecular weight is 427 g/mol. The Labute approximate surface area is 164 Å². The average Bonchev–Trinajstić information content (AvgIpc) is 2.51. The number of carboxylic acid groups (broad SMARTS) is 2. The lowest BCUT2D eigenvalue weighted by molar-refractivity contribution is -0.176. The van der Waals surface area contributed by atoms with Crippen molar-refractivity contribution in [3.63, 3.8) is 0 Å². The quantitative estimate of drug-likeness (QED) is 0.403. The lowest BCUT2D eigenvalue weighted by Gasteiger charge is -2.36. The molecule has 166 valence electrons. The molecule has 13 heteroatoms. The molecule has 0 aliphatic carbocycles. The minimum atomic E-state index is -5.23. The molecular formula is C16H24F3N3O7. The predicted molar refractivity (Wildman–Crippen MR) is 91.5 cm³/mol. The molecule has 0 rings (SSSR count). The fourth-order valence-electron chi connectivity index (χ4n) is 2.53. The highest BCUT2D eigenvalue weighted by atomic mass is 19.4. The molecule has 4 N–H and O–H groups in total. The van der Waals surface area contributed by atoms with Crippen molar-refractivity contribution in [1.82, 2.24) is 15.5 Å². The van der Waals surface area contributed by atoms with Gasteiger partial charge in [-0.25, -0.2) is 4.79 Å². The Morgan fingerprint density at radius 2 is 1.52 bits per heavy atom. The second kappa shape index (κ2) is 9.56. The van der Waals surface area contributed by atoms with Gasteiger partial charge in [0.05, 0.1) is 6.42 Å². The molecule has 0 spiro atoms. The number of hydrogen-bond acceptors (Lipinski definition) is 5. The summed E-state index contributed by atoms with van der Waals surface area (Å²) in [4.78, 5) is 58.9. The van der Waals surface area contributed by atoms with Gasteiger partial charge in [-0.1, -0.05) is 13.8 Å². The molecule has 2 atom stereocenters. The zero-order chi connectivity index (χ0) is 23.3. The predicted octanol–water partition coefficient (Wildman–Crippen LogP) is -0.0294. The summed E-state index contributed by atoms with van der Waals surface area (Å²) >= 11 is 0. The lowest BCUT2D eigenvalue weighted by atomic mass is 9.97. The van der Waals surface area contributed by atoms with Gasteiger partial charge in [0.15, 0.2) is 0 Å². The van der Waals surface area contributed by atoms with Gasteiger partial charge >= 0.3 is 24.0 Å². The third kappa shape index (κ3) is 7.58. The van der Waals surface area contributed by atoms with E-state index in [1.54, 1.807) is 0 Å². The van der Waals surface area contributed by atoms with Crippen LogP contribution in [0, 0.1) is 5.92 Å². The van der Waals surface area contributed by atoms with Gasteiger partial charge in [-0.15, -0.1) is 0 Å². The van der Waals surface area contributed by atoms with E-state index >= 15 is 0 Å². The van der Waals surface area contributed by atoms with Crippen LogP contribution in [-0.2, 0) is 24.0 Å². The van der Waals surface area contributed by atoms with Gasteiger partial charge in [-0.3, -0.25) is 19.2 Å². The van der Waals surface area contributed by atoms with E-state index in [2.05, 4.69) is 0 Å². The number of alkyl halides is 3. The largest absolute Gasteiger partial charge is 0.481 e. The SMILES string of the molecule is CC(C)[C@@H](C(=O)N[C@@H](CC(=O)O)C(=O)O)N(C)C(=O)C(C)(C)NC(=O)C(F)(F)F. The van der Waals surface area contributed by atoms with Crippen molar-refractivity contribution in [1.29, 1.82) is 0 Å². The first-order chi connectivity index (χ1) is 12.9.